The van der Waals surface area contributed by atoms with E-state index in [0.29, 0.717) is 10.6 Å². The van der Waals surface area contributed by atoms with Gasteiger partial charge in [0.2, 0.25) is 0 Å². The molecule has 0 saturated carbocycles. The number of halogens is 1. The molecule has 0 amide bonds. The van der Waals surface area contributed by atoms with Crippen LogP contribution in [0.25, 0.3) is 0 Å². The molecule has 2 aromatic rings. The molecule has 0 radical (unpaired) electrons. The maximum absolute atomic E-state index is 12.0. The molecule has 2 N–H and O–H groups in total. The summed E-state index contributed by atoms with van der Waals surface area (Å²) in [6.07, 6.45) is -4.96. The van der Waals surface area contributed by atoms with E-state index < -0.39 is 6.41 Å². The molecule has 2 aromatic carbocycles. The second kappa shape index (κ2) is 7.81. The zero-order valence-corrected chi connectivity index (χ0v) is 23.8. The van der Waals surface area contributed by atoms with Crippen LogP contribution in [0.2, 0.25) is 0 Å². The van der Waals surface area contributed by atoms with Gasteiger partial charge in [-0.15, -0.1) is 0 Å². The van der Waals surface area contributed by atoms with Crippen LogP contribution < -0.4 is 10.6 Å². The van der Waals surface area contributed by atoms with E-state index >= 15 is 0 Å². The molecule has 0 saturated heterocycles. The van der Waals surface area contributed by atoms with E-state index in [4.69, 9.17) is 11.2 Å². The molecule has 0 fully saturated rings. The van der Waals surface area contributed by atoms with Gasteiger partial charge in [0.1, 0.15) is 0 Å². The standard InChI is InChI=1S/C28H44ClO2P/c1-25(2,3)19-13-15-23(21(17-19)27(7,8)9)32(29,30,31)24-16-14-20(26(4,5)6)18-22(24)28(10,11)12/h13-18,30-31H,1-12H3. The number of hydrogen-bond acceptors (Lipinski definition) is 2. The fourth-order valence-electron chi connectivity index (χ4n) is 4.03. The van der Waals surface area contributed by atoms with Gasteiger partial charge in [0.15, 0.2) is 0 Å². The Balaban J connectivity index is 2.95. The summed E-state index contributed by atoms with van der Waals surface area (Å²) in [5.41, 5.74) is 3.31. The summed E-state index contributed by atoms with van der Waals surface area (Å²) in [7, 11) is 0. The van der Waals surface area contributed by atoms with E-state index in [1.807, 2.05) is 24.3 Å². The maximum atomic E-state index is 12.0. The fraction of sp³-hybridized carbons (Fsp3) is 0.571. The van der Waals surface area contributed by atoms with Crippen molar-refractivity contribution in [3.05, 3.63) is 58.7 Å². The Kier molecular flexibility index (Phi) is 6.67. The first kappa shape index (κ1) is 27.3. The molecule has 2 rings (SSSR count). The molecule has 2 nitrogen and oxygen atoms in total. The molecule has 0 bridgehead atoms. The Labute approximate surface area is 201 Å². The Morgan fingerprint density at radius 2 is 0.812 bits per heavy atom. The minimum absolute atomic E-state index is 0.0584. The molecular weight excluding hydrogens is 435 g/mol. The van der Waals surface area contributed by atoms with E-state index in [9.17, 15) is 9.79 Å². The van der Waals surface area contributed by atoms with E-state index in [1.165, 1.54) is 0 Å². The summed E-state index contributed by atoms with van der Waals surface area (Å²) >= 11 is 7.04. The van der Waals surface area contributed by atoms with Gasteiger partial charge in [0, 0.05) is 0 Å². The quantitative estimate of drug-likeness (QED) is 0.443. The Bertz CT molecular complexity index is 922. The SMILES string of the molecule is CC(C)(C)c1ccc(P(O)(O)(Cl)c2ccc(C(C)(C)C)cc2C(C)(C)C)c(C(C)(C)C)c1. The van der Waals surface area contributed by atoms with Crippen LogP contribution >= 0.6 is 17.7 Å². The molecular formula is C28H44ClO2P. The molecule has 0 aliphatic carbocycles. The molecule has 32 heavy (non-hydrogen) atoms. The van der Waals surface area contributed by atoms with Gasteiger partial charge in [-0.1, -0.05) is 0 Å². The Morgan fingerprint density at radius 1 is 0.531 bits per heavy atom. The third-order valence-corrected chi connectivity index (χ3v) is 9.78. The van der Waals surface area contributed by atoms with Crippen molar-refractivity contribution < 1.29 is 9.79 Å². The van der Waals surface area contributed by atoms with Crippen LogP contribution in [0.15, 0.2) is 36.4 Å². The third kappa shape index (κ3) is 5.41. The normalized spacial score (nSPS) is 15.4. The van der Waals surface area contributed by atoms with Crippen molar-refractivity contribution in [3.63, 3.8) is 0 Å². The summed E-state index contributed by atoms with van der Waals surface area (Å²) < 4.78 is 0. The zero-order valence-electron chi connectivity index (χ0n) is 22.2. The van der Waals surface area contributed by atoms with Crippen LogP contribution in [-0.2, 0) is 21.7 Å². The van der Waals surface area contributed by atoms with Crippen LogP contribution in [-0.4, -0.2) is 9.79 Å². The van der Waals surface area contributed by atoms with Crippen molar-refractivity contribution in [1.29, 1.82) is 0 Å². The summed E-state index contributed by atoms with van der Waals surface area (Å²) in [6.45, 7) is 25.5. The van der Waals surface area contributed by atoms with Crippen molar-refractivity contribution >= 4 is 28.3 Å². The van der Waals surface area contributed by atoms with Gasteiger partial charge in [0.05, 0.1) is 0 Å². The van der Waals surface area contributed by atoms with Gasteiger partial charge in [-0.2, -0.15) is 0 Å². The van der Waals surface area contributed by atoms with E-state index in [0.717, 1.165) is 22.3 Å². The second-order valence-corrected chi connectivity index (χ2v) is 18.1. The van der Waals surface area contributed by atoms with Gasteiger partial charge in [-0.3, -0.25) is 0 Å². The number of rotatable bonds is 2. The number of hydrogen-bond donors (Lipinski definition) is 2. The third-order valence-electron chi connectivity index (χ3n) is 6.20. The van der Waals surface area contributed by atoms with Crippen LogP contribution in [0.3, 0.4) is 0 Å². The first-order valence-electron chi connectivity index (χ1n) is 11.5. The van der Waals surface area contributed by atoms with Gasteiger partial charge in [-0.05, 0) is 0 Å². The van der Waals surface area contributed by atoms with Crippen LogP contribution in [0.1, 0.15) is 105 Å². The molecule has 0 spiro atoms. The molecule has 0 heterocycles. The van der Waals surface area contributed by atoms with Gasteiger partial charge in [-0.25, -0.2) is 0 Å². The van der Waals surface area contributed by atoms with Crippen LogP contribution in [0, 0.1) is 0 Å². The first-order valence-corrected chi connectivity index (χ1v) is 14.5. The topological polar surface area (TPSA) is 40.5 Å². The monoisotopic (exact) mass is 478 g/mol. The summed E-state index contributed by atoms with van der Waals surface area (Å²) in [6, 6.07) is 11.9. The molecule has 4 heteroatoms. The van der Waals surface area contributed by atoms with E-state index in [2.05, 4.69) is 95.2 Å². The predicted molar refractivity (Wildman–Crippen MR) is 144 cm³/mol. The number of benzene rings is 2. The minimum atomic E-state index is -4.96. The molecule has 0 aliphatic heterocycles. The van der Waals surface area contributed by atoms with Gasteiger partial charge < -0.3 is 0 Å². The first-order chi connectivity index (χ1) is 13.9. The van der Waals surface area contributed by atoms with Crippen molar-refractivity contribution in [1.82, 2.24) is 0 Å². The average molecular weight is 479 g/mol. The van der Waals surface area contributed by atoms with E-state index in [-0.39, 0.29) is 21.7 Å². The summed E-state index contributed by atoms with van der Waals surface area (Å²) in [5, 5.41) is 0.874. The molecule has 180 valence electrons. The van der Waals surface area contributed by atoms with Gasteiger partial charge in [0.25, 0.3) is 0 Å². The zero-order chi connectivity index (χ0) is 25.2. The van der Waals surface area contributed by atoms with Crippen molar-refractivity contribution in [2.45, 2.75) is 105 Å². The second-order valence-electron chi connectivity index (χ2n) is 13.4. The van der Waals surface area contributed by atoms with Crippen molar-refractivity contribution in [2.75, 3.05) is 0 Å². The van der Waals surface area contributed by atoms with Crippen molar-refractivity contribution in [3.8, 4) is 0 Å². The van der Waals surface area contributed by atoms with Crippen LogP contribution in [0.5, 0.6) is 0 Å². The van der Waals surface area contributed by atoms with Crippen LogP contribution in [0.4, 0.5) is 0 Å². The molecule has 0 atom stereocenters. The Hall–Kier alpha value is -0.920. The van der Waals surface area contributed by atoms with Crippen molar-refractivity contribution in [2.24, 2.45) is 0 Å². The van der Waals surface area contributed by atoms with Gasteiger partial charge >= 0.3 is 201 Å². The fourth-order valence-corrected chi connectivity index (χ4v) is 7.50. The molecule has 0 aliphatic rings. The van der Waals surface area contributed by atoms with E-state index in [1.54, 1.807) is 0 Å². The average Bonchev–Trinajstić information content (AvgIpc) is 2.57. The summed E-state index contributed by atoms with van der Waals surface area (Å²) in [4.78, 5) is 24.1. The predicted octanol–water partition coefficient (Wildman–Crippen LogP) is 7.35. The Morgan fingerprint density at radius 3 is 1.03 bits per heavy atom. The molecule has 0 aromatic heterocycles. The summed E-state index contributed by atoms with van der Waals surface area (Å²) in [5.74, 6) is 0. The molecule has 0 unspecified atom stereocenters.